The number of carbonyl (C=O) groups excluding carboxylic acids is 1. The van der Waals surface area contributed by atoms with Crippen molar-refractivity contribution < 1.29 is 36.6 Å². The number of likely N-dealkylation sites (tertiary alicyclic amines) is 1. The first-order chi connectivity index (χ1) is 18.4. The van der Waals surface area contributed by atoms with E-state index < -0.39 is 53.3 Å². The lowest BCUT2D eigenvalue weighted by atomic mass is 9.98. The van der Waals surface area contributed by atoms with Crippen LogP contribution in [0.2, 0.25) is 0 Å². The van der Waals surface area contributed by atoms with E-state index in [1.165, 1.54) is 35.9 Å². The van der Waals surface area contributed by atoms with E-state index in [0.29, 0.717) is 6.54 Å². The first kappa shape index (κ1) is 27.5. The summed E-state index contributed by atoms with van der Waals surface area (Å²) in [4.78, 5) is 26.9. The summed E-state index contributed by atoms with van der Waals surface area (Å²) in [6, 6.07) is 5.50. The number of aliphatic carboxylic acids is 1. The number of nitrogens with zero attached hydrogens (tertiary/aromatic N) is 3. The minimum Gasteiger partial charge on any atom is -0.481 e. The highest BCUT2D eigenvalue weighted by molar-refractivity contribution is 5.94. The second kappa shape index (κ2) is 10.2. The van der Waals surface area contributed by atoms with Gasteiger partial charge in [0.1, 0.15) is 0 Å². The Balaban J connectivity index is 1.37. The van der Waals surface area contributed by atoms with Gasteiger partial charge in [-0.1, -0.05) is 31.0 Å². The van der Waals surface area contributed by atoms with E-state index in [2.05, 4.69) is 10.4 Å². The van der Waals surface area contributed by atoms with Crippen molar-refractivity contribution in [2.24, 2.45) is 17.8 Å². The van der Waals surface area contributed by atoms with E-state index in [0.717, 1.165) is 31.7 Å². The molecule has 1 saturated heterocycles. The second-order valence-corrected chi connectivity index (χ2v) is 11.0. The molecule has 3 fully saturated rings. The van der Waals surface area contributed by atoms with Crippen LogP contribution in [0.25, 0.3) is 11.3 Å². The van der Waals surface area contributed by atoms with Crippen LogP contribution < -0.4 is 5.32 Å². The maximum absolute atomic E-state index is 13.8. The number of carbonyl (C=O) groups is 2. The number of nitrogens with one attached hydrogen (secondary N) is 1. The molecule has 1 amide bonds. The molecule has 7 nitrogen and oxygen atoms in total. The molecule has 1 aromatic carbocycles. The summed E-state index contributed by atoms with van der Waals surface area (Å²) in [6.45, 7) is 2.25. The molecule has 0 spiro atoms. The van der Waals surface area contributed by atoms with Crippen molar-refractivity contribution in [2.75, 3.05) is 19.6 Å². The van der Waals surface area contributed by atoms with Crippen LogP contribution in [0.3, 0.4) is 0 Å². The molecule has 2 saturated carbocycles. The first-order valence-corrected chi connectivity index (χ1v) is 13.3. The van der Waals surface area contributed by atoms with Crippen molar-refractivity contribution in [1.29, 1.82) is 0 Å². The van der Waals surface area contributed by atoms with Crippen molar-refractivity contribution >= 4 is 11.9 Å². The molecule has 39 heavy (non-hydrogen) atoms. The van der Waals surface area contributed by atoms with Crippen LogP contribution in [0.5, 0.6) is 0 Å². The summed E-state index contributed by atoms with van der Waals surface area (Å²) < 4.78 is 70.0. The van der Waals surface area contributed by atoms with Gasteiger partial charge in [-0.05, 0) is 38.3 Å². The Labute approximate surface area is 222 Å². The monoisotopic (exact) mass is 554 g/mol. The van der Waals surface area contributed by atoms with Gasteiger partial charge in [-0.15, -0.1) is 0 Å². The molecule has 1 aliphatic heterocycles. The molecule has 4 unspecified atom stereocenters. The number of piperidine rings is 1. The van der Waals surface area contributed by atoms with E-state index in [-0.39, 0.29) is 42.5 Å². The predicted octanol–water partition coefficient (Wildman–Crippen LogP) is 5.09. The molecule has 0 bridgehead atoms. The number of hydrogen-bond acceptors (Lipinski definition) is 4. The van der Waals surface area contributed by atoms with E-state index in [1.807, 2.05) is 4.90 Å². The molecule has 3 aliphatic rings. The number of carboxylic acid groups (broad SMARTS) is 1. The predicted molar refractivity (Wildman–Crippen MR) is 131 cm³/mol. The fraction of sp³-hybridized carbons (Fsp3) is 0.593. The summed E-state index contributed by atoms with van der Waals surface area (Å²) in [5, 5.41) is 16.7. The van der Waals surface area contributed by atoms with Gasteiger partial charge in [0.2, 0.25) is 0 Å². The zero-order chi connectivity index (χ0) is 28.1. The third kappa shape index (κ3) is 5.39. The van der Waals surface area contributed by atoms with Crippen molar-refractivity contribution in [1.82, 2.24) is 20.0 Å². The van der Waals surface area contributed by atoms with Gasteiger partial charge < -0.3 is 15.3 Å². The van der Waals surface area contributed by atoms with Crippen LogP contribution >= 0.6 is 0 Å². The van der Waals surface area contributed by atoms with Crippen molar-refractivity contribution in [2.45, 2.75) is 63.2 Å². The smallest absolute Gasteiger partial charge is 0.417 e. The number of benzene rings is 1. The Morgan fingerprint density at radius 2 is 1.79 bits per heavy atom. The largest absolute Gasteiger partial charge is 0.481 e. The summed E-state index contributed by atoms with van der Waals surface area (Å²) >= 11 is 0. The summed E-state index contributed by atoms with van der Waals surface area (Å²) in [7, 11) is 0. The molecule has 2 N–H and O–H groups in total. The normalized spacial score (nSPS) is 24.4. The fourth-order valence-corrected chi connectivity index (χ4v) is 6.04. The maximum Gasteiger partial charge on any atom is 0.417 e. The average molecular weight is 555 g/mol. The molecule has 0 radical (unpaired) electrons. The fourth-order valence-electron chi connectivity index (χ4n) is 6.04. The molecule has 12 heteroatoms. The second-order valence-electron chi connectivity index (χ2n) is 11.0. The number of fused-ring (bicyclic) bond motifs is 1. The molecule has 2 aromatic rings. The molecular weight excluding hydrogens is 523 g/mol. The number of amides is 1. The van der Waals surface area contributed by atoms with Gasteiger partial charge in [0.05, 0.1) is 23.2 Å². The lowest BCUT2D eigenvalue weighted by molar-refractivity contribution is -0.142. The molecule has 4 atom stereocenters. The highest BCUT2D eigenvalue weighted by Gasteiger charge is 2.71. The van der Waals surface area contributed by atoms with E-state index in [1.54, 1.807) is 0 Å². The topological polar surface area (TPSA) is 87.5 Å². The van der Waals surface area contributed by atoms with Gasteiger partial charge in [0.15, 0.2) is 5.69 Å². The Bertz CT molecular complexity index is 1230. The molecule has 2 aliphatic carbocycles. The number of carboxylic acids is 1. The Morgan fingerprint density at radius 3 is 2.41 bits per heavy atom. The van der Waals surface area contributed by atoms with Crippen molar-refractivity contribution in [3.05, 3.63) is 41.6 Å². The van der Waals surface area contributed by atoms with Gasteiger partial charge in [-0.25, -0.2) is 8.78 Å². The number of rotatable bonds is 9. The van der Waals surface area contributed by atoms with Crippen LogP contribution in [-0.4, -0.2) is 63.3 Å². The zero-order valence-corrected chi connectivity index (χ0v) is 21.4. The van der Waals surface area contributed by atoms with E-state index >= 15 is 0 Å². The minimum atomic E-state index is -4.61. The molecule has 1 aromatic heterocycles. The van der Waals surface area contributed by atoms with Crippen molar-refractivity contribution in [3.63, 3.8) is 0 Å². The van der Waals surface area contributed by atoms with Crippen LogP contribution in [0, 0.1) is 17.8 Å². The molecular formula is C27H31F5N4O3. The summed E-state index contributed by atoms with van der Waals surface area (Å²) in [5.74, 6) is -6.76. The maximum atomic E-state index is 13.8. The lowest BCUT2D eigenvalue weighted by Gasteiger charge is -2.26. The number of halogens is 5. The van der Waals surface area contributed by atoms with Gasteiger partial charge in [-0.2, -0.15) is 18.3 Å². The third-order valence-corrected chi connectivity index (χ3v) is 8.49. The highest BCUT2D eigenvalue weighted by Crippen LogP contribution is 2.59. The number of aromatic nitrogens is 2. The lowest BCUT2D eigenvalue weighted by Crippen LogP contribution is -2.44. The Morgan fingerprint density at radius 1 is 1.15 bits per heavy atom. The SMILES string of the molecule is CC(C(=O)O)C(CCN1CC2C(C1)C2(F)F)NC(=O)c1cc(-c2ccccc2C(F)(F)F)n(C2CCCC2)n1. The first-order valence-electron chi connectivity index (χ1n) is 13.3. The van der Waals surface area contributed by atoms with Crippen LogP contribution in [0.1, 0.15) is 61.1 Å². The standard InChI is InChI=1S/C27H31F5N4O3/c1-15(25(38)39)21(10-11-35-13-19-20(14-35)26(19,28)29)33-24(37)22-12-23(36(34-22)16-6-2-3-7-16)17-8-4-5-9-18(17)27(30,31)32/h4-5,8-9,12,15-16,19-21H,2-3,6-7,10-11,13-14H2,1H3,(H,33,37)(H,38,39). The Kier molecular flexibility index (Phi) is 7.19. The van der Waals surface area contributed by atoms with E-state index in [4.69, 9.17) is 0 Å². The van der Waals surface area contributed by atoms with Gasteiger partial charge in [0, 0.05) is 43.1 Å². The van der Waals surface area contributed by atoms with Gasteiger partial charge in [-0.3, -0.25) is 14.3 Å². The van der Waals surface area contributed by atoms with Crippen LogP contribution in [0.15, 0.2) is 30.3 Å². The quantitative estimate of drug-likeness (QED) is 0.422. The average Bonchev–Trinajstić information content (AvgIpc) is 3.49. The van der Waals surface area contributed by atoms with Gasteiger partial charge in [0.25, 0.3) is 11.8 Å². The molecule has 2 heterocycles. The van der Waals surface area contributed by atoms with Gasteiger partial charge >= 0.3 is 12.1 Å². The molecule has 212 valence electrons. The molecule has 5 rings (SSSR count). The third-order valence-electron chi connectivity index (χ3n) is 8.49. The van der Waals surface area contributed by atoms with Crippen LogP contribution in [0.4, 0.5) is 22.0 Å². The van der Waals surface area contributed by atoms with E-state index in [9.17, 15) is 36.6 Å². The number of alkyl halides is 5. The summed E-state index contributed by atoms with van der Waals surface area (Å²) in [5.41, 5.74) is -0.829. The summed E-state index contributed by atoms with van der Waals surface area (Å²) in [6.07, 6.45) is -1.15. The van der Waals surface area contributed by atoms with Crippen LogP contribution in [-0.2, 0) is 11.0 Å². The Hall–Kier alpha value is -3.02. The minimum absolute atomic E-state index is 0.0803. The highest BCUT2D eigenvalue weighted by atomic mass is 19.4. The number of hydrogen-bond donors (Lipinski definition) is 2. The zero-order valence-electron chi connectivity index (χ0n) is 21.4. The van der Waals surface area contributed by atoms with Crippen molar-refractivity contribution in [3.8, 4) is 11.3 Å².